The Morgan fingerprint density at radius 2 is 2.44 bits per heavy atom. The summed E-state index contributed by atoms with van der Waals surface area (Å²) in [7, 11) is 0. The third-order valence-electron chi connectivity index (χ3n) is 2.92. The Kier molecular flexibility index (Phi) is 3.19. The van der Waals surface area contributed by atoms with Crippen LogP contribution in [-0.4, -0.2) is 16.8 Å². The third kappa shape index (κ3) is 2.07. The minimum Gasteiger partial charge on any atom is -0.481 e. The van der Waals surface area contributed by atoms with Crippen LogP contribution in [0.1, 0.15) is 24.8 Å². The number of rotatable bonds is 3. The fourth-order valence-corrected chi connectivity index (χ4v) is 3.30. The van der Waals surface area contributed by atoms with E-state index in [0.717, 1.165) is 10.6 Å². The van der Waals surface area contributed by atoms with Crippen molar-refractivity contribution in [2.45, 2.75) is 24.2 Å². The first-order valence-electron chi connectivity index (χ1n) is 5.23. The number of thioether (sulfide) groups is 1. The van der Waals surface area contributed by atoms with Crippen LogP contribution in [-0.2, 0) is 4.79 Å². The average Bonchev–Trinajstić information content (AvgIpc) is 2.63. The van der Waals surface area contributed by atoms with E-state index < -0.39 is 11.9 Å². The van der Waals surface area contributed by atoms with Crippen molar-refractivity contribution < 1.29 is 14.3 Å². The van der Waals surface area contributed by atoms with Gasteiger partial charge < -0.3 is 5.11 Å². The van der Waals surface area contributed by atoms with Gasteiger partial charge in [0.05, 0.1) is 5.92 Å². The van der Waals surface area contributed by atoms with E-state index in [1.807, 2.05) is 6.07 Å². The number of aliphatic carboxylic acids is 1. The van der Waals surface area contributed by atoms with Gasteiger partial charge in [-0.05, 0) is 24.5 Å². The van der Waals surface area contributed by atoms with E-state index in [9.17, 15) is 9.18 Å². The molecule has 2 nitrogen and oxygen atoms in total. The molecule has 0 aromatic heterocycles. The zero-order valence-electron chi connectivity index (χ0n) is 8.94. The predicted molar refractivity (Wildman–Crippen MR) is 61.3 cm³/mol. The zero-order chi connectivity index (χ0) is 11.7. The van der Waals surface area contributed by atoms with Crippen molar-refractivity contribution in [1.29, 1.82) is 0 Å². The lowest BCUT2D eigenvalue weighted by Gasteiger charge is -2.14. The average molecular weight is 240 g/mol. The topological polar surface area (TPSA) is 37.3 Å². The van der Waals surface area contributed by atoms with Crippen molar-refractivity contribution in [3.63, 3.8) is 0 Å². The van der Waals surface area contributed by atoms with E-state index in [1.165, 1.54) is 6.07 Å². The predicted octanol–water partition coefficient (Wildman–Crippen LogP) is 3.13. The number of halogens is 1. The van der Waals surface area contributed by atoms with Gasteiger partial charge in [-0.25, -0.2) is 4.39 Å². The molecule has 1 aromatic carbocycles. The number of benzene rings is 1. The first-order chi connectivity index (χ1) is 7.59. The van der Waals surface area contributed by atoms with Crippen LogP contribution < -0.4 is 0 Å². The molecule has 1 aliphatic heterocycles. The second kappa shape index (κ2) is 4.45. The van der Waals surface area contributed by atoms with E-state index >= 15 is 0 Å². The molecule has 1 aromatic rings. The molecule has 2 atom stereocenters. The maximum absolute atomic E-state index is 13.6. The number of fused-ring (bicyclic) bond motifs is 1. The number of hydrogen-bond acceptors (Lipinski definition) is 2. The summed E-state index contributed by atoms with van der Waals surface area (Å²) in [6, 6.07) is 5.04. The molecule has 2 rings (SSSR count). The second-order valence-corrected chi connectivity index (χ2v) is 5.20. The van der Waals surface area contributed by atoms with Crippen molar-refractivity contribution in [2.75, 3.05) is 5.75 Å². The molecular weight excluding hydrogens is 227 g/mol. The molecule has 0 fully saturated rings. The maximum atomic E-state index is 13.6. The van der Waals surface area contributed by atoms with Crippen LogP contribution >= 0.6 is 11.8 Å². The summed E-state index contributed by atoms with van der Waals surface area (Å²) in [6.45, 7) is 1.67. The minimum absolute atomic E-state index is 0.0345. The molecule has 0 aliphatic carbocycles. The van der Waals surface area contributed by atoms with Gasteiger partial charge in [-0.3, -0.25) is 4.79 Å². The van der Waals surface area contributed by atoms with E-state index in [1.54, 1.807) is 24.8 Å². The monoisotopic (exact) mass is 240 g/mol. The Balaban J connectivity index is 2.20. The second-order valence-electron chi connectivity index (χ2n) is 4.13. The highest BCUT2D eigenvalue weighted by molar-refractivity contribution is 7.99. The minimum atomic E-state index is -0.810. The lowest BCUT2D eigenvalue weighted by Crippen LogP contribution is -2.14. The molecule has 0 saturated heterocycles. The highest BCUT2D eigenvalue weighted by Crippen LogP contribution is 2.43. The summed E-state index contributed by atoms with van der Waals surface area (Å²) in [5.74, 6) is -0.614. The van der Waals surface area contributed by atoms with Crippen LogP contribution in [0.4, 0.5) is 4.39 Å². The standard InChI is InChI=1S/C12H13FO2S/c1-7(12(14)15)5-8-6-16-10-4-2-3-9(13)11(8)10/h2-4,7-8H,5-6H2,1H3,(H,14,15). The number of carboxylic acids is 1. The van der Waals surface area contributed by atoms with Crippen LogP contribution in [0.15, 0.2) is 23.1 Å². The summed E-state index contributed by atoms with van der Waals surface area (Å²) in [5.41, 5.74) is 0.709. The molecular formula is C12H13FO2S. The fourth-order valence-electron chi connectivity index (χ4n) is 2.03. The third-order valence-corrected chi connectivity index (χ3v) is 4.16. The van der Waals surface area contributed by atoms with Gasteiger partial charge in [-0.1, -0.05) is 13.0 Å². The van der Waals surface area contributed by atoms with E-state index in [4.69, 9.17) is 5.11 Å². The molecule has 0 bridgehead atoms. The van der Waals surface area contributed by atoms with Gasteiger partial charge in [0.15, 0.2) is 0 Å². The first-order valence-corrected chi connectivity index (χ1v) is 6.22. The van der Waals surface area contributed by atoms with E-state index in [-0.39, 0.29) is 11.7 Å². The highest BCUT2D eigenvalue weighted by atomic mass is 32.2. The molecule has 16 heavy (non-hydrogen) atoms. The Hall–Kier alpha value is -1.03. The Morgan fingerprint density at radius 1 is 1.69 bits per heavy atom. The highest BCUT2D eigenvalue weighted by Gasteiger charge is 2.29. The van der Waals surface area contributed by atoms with Crippen molar-refractivity contribution in [1.82, 2.24) is 0 Å². The van der Waals surface area contributed by atoms with Crippen LogP contribution in [0.5, 0.6) is 0 Å². The van der Waals surface area contributed by atoms with Gasteiger partial charge in [0.2, 0.25) is 0 Å². The van der Waals surface area contributed by atoms with Gasteiger partial charge in [-0.2, -0.15) is 0 Å². The fraction of sp³-hybridized carbons (Fsp3) is 0.417. The molecule has 1 N–H and O–H groups in total. The largest absolute Gasteiger partial charge is 0.481 e. The quantitative estimate of drug-likeness (QED) is 0.882. The van der Waals surface area contributed by atoms with Crippen molar-refractivity contribution >= 4 is 17.7 Å². The molecule has 0 amide bonds. The van der Waals surface area contributed by atoms with Crippen LogP contribution in [0, 0.1) is 11.7 Å². The molecule has 86 valence electrons. The number of carbonyl (C=O) groups is 1. The molecule has 2 unspecified atom stereocenters. The molecule has 1 aliphatic rings. The van der Waals surface area contributed by atoms with E-state index in [2.05, 4.69) is 0 Å². The Morgan fingerprint density at radius 3 is 3.12 bits per heavy atom. The molecule has 0 radical (unpaired) electrons. The number of hydrogen-bond donors (Lipinski definition) is 1. The lowest BCUT2D eigenvalue weighted by atomic mass is 9.91. The Bertz CT molecular complexity index is 419. The van der Waals surface area contributed by atoms with Crippen LogP contribution in [0.2, 0.25) is 0 Å². The number of carboxylic acid groups (broad SMARTS) is 1. The van der Waals surface area contributed by atoms with Crippen LogP contribution in [0.3, 0.4) is 0 Å². The first kappa shape index (κ1) is 11.5. The molecule has 0 spiro atoms. The van der Waals surface area contributed by atoms with Crippen molar-refractivity contribution in [2.24, 2.45) is 5.92 Å². The van der Waals surface area contributed by atoms with Gasteiger partial charge in [0.1, 0.15) is 5.82 Å². The van der Waals surface area contributed by atoms with Gasteiger partial charge in [0.25, 0.3) is 0 Å². The normalized spacial score (nSPS) is 20.5. The maximum Gasteiger partial charge on any atom is 0.306 e. The summed E-state index contributed by atoms with van der Waals surface area (Å²) in [5, 5.41) is 8.86. The molecule has 4 heteroatoms. The lowest BCUT2D eigenvalue weighted by molar-refractivity contribution is -0.141. The van der Waals surface area contributed by atoms with E-state index in [0.29, 0.717) is 12.0 Å². The zero-order valence-corrected chi connectivity index (χ0v) is 9.76. The van der Waals surface area contributed by atoms with Crippen molar-refractivity contribution in [3.8, 4) is 0 Å². The summed E-state index contributed by atoms with van der Waals surface area (Å²) in [6.07, 6.45) is 0.510. The smallest absolute Gasteiger partial charge is 0.306 e. The molecule has 0 saturated carbocycles. The van der Waals surface area contributed by atoms with Gasteiger partial charge in [0, 0.05) is 16.2 Å². The van der Waals surface area contributed by atoms with Gasteiger partial charge >= 0.3 is 5.97 Å². The summed E-state index contributed by atoms with van der Waals surface area (Å²) < 4.78 is 13.6. The molecule has 1 heterocycles. The van der Waals surface area contributed by atoms with Crippen LogP contribution in [0.25, 0.3) is 0 Å². The van der Waals surface area contributed by atoms with Gasteiger partial charge in [-0.15, -0.1) is 11.8 Å². The summed E-state index contributed by atoms with van der Waals surface area (Å²) in [4.78, 5) is 11.7. The summed E-state index contributed by atoms with van der Waals surface area (Å²) >= 11 is 1.61. The Labute approximate surface area is 97.9 Å². The van der Waals surface area contributed by atoms with Crippen molar-refractivity contribution in [3.05, 3.63) is 29.6 Å². The SMILES string of the molecule is CC(CC1CSc2cccc(F)c21)C(=O)O.